The first-order valence-corrected chi connectivity index (χ1v) is 6.90. The normalized spacial score (nSPS) is 10.3. The number of rotatable bonds is 10. The van der Waals surface area contributed by atoms with Crippen molar-refractivity contribution in [2.24, 2.45) is 0 Å². The highest BCUT2D eigenvalue weighted by atomic mass is 16.5. The first-order chi connectivity index (χ1) is 9.69. The second-order valence-electron chi connectivity index (χ2n) is 4.57. The average Bonchev–Trinajstić information content (AvgIpc) is 2.43. The summed E-state index contributed by atoms with van der Waals surface area (Å²) in [6.07, 6.45) is 0. The van der Waals surface area contributed by atoms with E-state index in [0.29, 0.717) is 19.8 Å². The van der Waals surface area contributed by atoms with E-state index in [4.69, 9.17) is 14.2 Å². The first-order valence-electron chi connectivity index (χ1n) is 6.90. The summed E-state index contributed by atoms with van der Waals surface area (Å²) in [5.74, 6) is 1.58. The van der Waals surface area contributed by atoms with E-state index in [-0.39, 0.29) is 0 Å². The van der Waals surface area contributed by atoms with E-state index in [1.54, 1.807) is 7.11 Å². The summed E-state index contributed by atoms with van der Waals surface area (Å²) in [7, 11) is 1.66. The van der Waals surface area contributed by atoms with Gasteiger partial charge in [-0.1, -0.05) is 24.3 Å². The maximum absolute atomic E-state index is 5.55. The summed E-state index contributed by atoms with van der Waals surface area (Å²) in [5.41, 5.74) is 2.12. The molecule has 112 valence electrons. The van der Waals surface area contributed by atoms with E-state index in [9.17, 15) is 0 Å². The van der Waals surface area contributed by atoms with Crippen molar-refractivity contribution >= 4 is 0 Å². The van der Waals surface area contributed by atoms with E-state index >= 15 is 0 Å². The van der Waals surface area contributed by atoms with Gasteiger partial charge < -0.3 is 19.5 Å². The smallest absolute Gasteiger partial charge is 0.165 e. The number of para-hydroxylation sites is 1. The van der Waals surface area contributed by atoms with Crippen molar-refractivity contribution in [3.05, 3.63) is 35.9 Å². The summed E-state index contributed by atoms with van der Waals surface area (Å²) in [5, 5.41) is 3.33. The molecule has 20 heavy (non-hydrogen) atoms. The fourth-order valence-electron chi connectivity index (χ4n) is 1.82. The Balaban J connectivity index is 2.43. The minimum Gasteiger partial charge on any atom is -0.493 e. The molecule has 0 unspecified atom stereocenters. The third-order valence-corrected chi connectivity index (χ3v) is 2.65. The van der Waals surface area contributed by atoms with Crippen molar-refractivity contribution < 1.29 is 14.2 Å². The lowest BCUT2D eigenvalue weighted by Crippen LogP contribution is -2.20. The van der Waals surface area contributed by atoms with Gasteiger partial charge in [0.1, 0.15) is 0 Å². The Bertz CT molecular complexity index is 418. The van der Waals surface area contributed by atoms with Crippen LogP contribution in [-0.2, 0) is 11.3 Å². The predicted molar refractivity (Wildman–Crippen MR) is 81.5 cm³/mol. The molecule has 0 atom stereocenters. The highest BCUT2D eigenvalue weighted by Crippen LogP contribution is 2.30. The largest absolute Gasteiger partial charge is 0.493 e. The van der Waals surface area contributed by atoms with E-state index in [0.717, 1.165) is 35.7 Å². The molecule has 4 nitrogen and oxygen atoms in total. The van der Waals surface area contributed by atoms with Crippen LogP contribution < -0.4 is 14.8 Å². The summed E-state index contributed by atoms with van der Waals surface area (Å²) in [6.45, 7) is 11.1. The lowest BCUT2D eigenvalue weighted by molar-refractivity contribution is 0.157. The van der Waals surface area contributed by atoms with Gasteiger partial charge in [0.2, 0.25) is 0 Å². The van der Waals surface area contributed by atoms with Gasteiger partial charge in [-0.2, -0.15) is 0 Å². The fourth-order valence-corrected chi connectivity index (χ4v) is 1.82. The maximum Gasteiger partial charge on any atom is 0.165 e. The highest BCUT2D eigenvalue weighted by molar-refractivity contribution is 5.46. The zero-order chi connectivity index (χ0) is 14.8. The number of benzene rings is 1. The van der Waals surface area contributed by atoms with Gasteiger partial charge in [-0.25, -0.2) is 0 Å². The third kappa shape index (κ3) is 5.63. The molecule has 1 aromatic carbocycles. The second-order valence-corrected chi connectivity index (χ2v) is 4.57. The Morgan fingerprint density at radius 3 is 2.80 bits per heavy atom. The minimum absolute atomic E-state index is 0.616. The Morgan fingerprint density at radius 1 is 1.35 bits per heavy atom. The van der Waals surface area contributed by atoms with Crippen LogP contribution in [0.15, 0.2) is 30.4 Å². The number of methoxy groups -OCH3 is 1. The van der Waals surface area contributed by atoms with Crippen LogP contribution in [0.1, 0.15) is 19.4 Å². The average molecular weight is 279 g/mol. The topological polar surface area (TPSA) is 39.7 Å². The van der Waals surface area contributed by atoms with Crippen LogP contribution in [0.3, 0.4) is 0 Å². The van der Waals surface area contributed by atoms with Crippen LogP contribution >= 0.6 is 0 Å². The first kappa shape index (κ1) is 16.5. The summed E-state index contributed by atoms with van der Waals surface area (Å²) in [4.78, 5) is 0. The van der Waals surface area contributed by atoms with Crippen molar-refractivity contribution in [2.75, 3.05) is 33.5 Å². The van der Waals surface area contributed by atoms with Gasteiger partial charge in [0.25, 0.3) is 0 Å². The molecule has 0 amide bonds. The fraction of sp³-hybridized carbons (Fsp3) is 0.500. The van der Waals surface area contributed by atoms with E-state index in [1.807, 2.05) is 32.0 Å². The molecule has 0 aliphatic carbocycles. The zero-order valence-corrected chi connectivity index (χ0v) is 12.7. The van der Waals surface area contributed by atoms with Crippen molar-refractivity contribution in [2.45, 2.75) is 20.4 Å². The Hall–Kier alpha value is -1.52. The maximum atomic E-state index is 5.55. The summed E-state index contributed by atoms with van der Waals surface area (Å²) < 4.78 is 16.4. The van der Waals surface area contributed by atoms with Gasteiger partial charge in [0.15, 0.2) is 11.5 Å². The van der Waals surface area contributed by atoms with Gasteiger partial charge in [-0.05, 0) is 19.9 Å². The highest BCUT2D eigenvalue weighted by Gasteiger charge is 2.09. The van der Waals surface area contributed by atoms with Crippen molar-refractivity contribution in [3.8, 4) is 11.5 Å². The molecule has 0 bridgehead atoms. The summed E-state index contributed by atoms with van der Waals surface area (Å²) in [6, 6.07) is 5.92. The molecule has 1 rings (SSSR count). The van der Waals surface area contributed by atoms with Crippen LogP contribution in [0.25, 0.3) is 0 Å². The lowest BCUT2D eigenvalue weighted by Gasteiger charge is -2.14. The molecule has 1 N–H and O–H groups in total. The molecule has 4 heteroatoms. The standard InChI is InChI=1S/C16H25NO3/c1-5-20-15-8-6-7-14(16(15)18-4)11-17-9-10-19-12-13(2)3/h6-8,17H,2,5,9-12H2,1,3-4H3. The van der Waals surface area contributed by atoms with Crippen LogP contribution in [0.5, 0.6) is 11.5 Å². The minimum atomic E-state index is 0.616. The van der Waals surface area contributed by atoms with E-state index in [1.165, 1.54) is 0 Å². The van der Waals surface area contributed by atoms with Crippen LogP contribution in [-0.4, -0.2) is 33.5 Å². The lowest BCUT2D eigenvalue weighted by atomic mass is 10.2. The van der Waals surface area contributed by atoms with Gasteiger partial charge in [-0.3, -0.25) is 0 Å². The molecule has 0 heterocycles. The number of hydrogen-bond donors (Lipinski definition) is 1. The van der Waals surface area contributed by atoms with Crippen molar-refractivity contribution in [3.63, 3.8) is 0 Å². The molecule has 0 fully saturated rings. The molecule has 0 spiro atoms. The molecular weight excluding hydrogens is 254 g/mol. The Kier molecular flexibility index (Phi) is 7.77. The van der Waals surface area contributed by atoms with Crippen LogP contribution in [0.2, 0.25) is 0 Å². The monoisotopic (exact) mass is 279 g/mol. The molecule has 0 aliphatic heterocycles. The SMILES string of the molecule is C=C(C)COCCNCc1cccc(OCC)c1OC. The van der Waals surface area contributed by atoms with Gasteiger partial charge in [0.05, 0.1) is 26.9 Å². The second kappa shape index (κ2) is 9.39. The Labute approximate surface area is 121 Å². The number of hydrogen-bond acceptors (Lipinski definition) is 4. The van der Waals surface area contributed by atoms with E-state index < -0.39 is 0 Å². The van der Waals surface area contributed by atoms with Crippen molar-refractivity contribution in [1.82, 2.24) is 5.32 Å². The molecule has 0 saturated carbocycles. The molecule has 0 aliphatic rings. The van der Waals surface area contributed by atoms with Crippen LogP contribution in [0.4, 0.5) is 0 Å². The molecule has 0 aromatic heterocycles. The quantitative estimate of drug-likeness (QED) is 0.528. The van der Waals surface area contributed by atoms with Gasteiger partial charge in [0, 0.05) is 18.7 Å². The van der Waals surface area contributed by atoms with Crippen LogP contribution in [0, 0.1) is 0 Å². The molecule has 0 saturated heterocycles. The summed E-state index contributed by atoms with van der Waals surface area (Å²) >= 11 is 0. The number of nitrogens with one attached hydrogen (secondary N) is 1. The molecular formula is C16H25NO3. The Morgan fingerprint density at radius 2 is 2.15 bits per heavy atom. The zero-order valence-electron chi connectivity index (χ0n) is 12.7. The van der Waals surface area contributed by atoms with Crippen molar-refractivity contribution in [1.29, 1.82) is 0 Å². The van der Waals surface area contributed by atoms with E-state index in [2.05, 4.69) is 11.9 Å². The molecule has 1 aromatic rings. The number of ether oxygens (including phenoxy) is 3. The van der Waals surface area contributed by atoms with Gasteiger partial charge >= 0.3 is 0 Å². The predicted octanol–water partition coefficient (Wildman–Crippen LogP) is 2.78. The third-order valence-electron chi connectivity index (χ3n) is 2.65. The molecule has 0 radical (unpaired) electrons. The van der Waals surface area contributed by atoms with Gasteiger partial charge in [-0.15, -0.1) is 0 Å².